The highest BCUT2D eigenvalue weighted by atomic mass is 35.5. The van der Waals surface area contributed by atoms with Crippen LogP contribution >= 0.6 is 24.8 Å². The molecule has 2 N–H and O–H groups in total. The van der Waals surface area contributed by atoms with Crippen LogP contribution in [0.3, 0.4) is 0 Å². The molecule has 0 bridgehead atoms. The van der Waals surface area contributed by atoms with Crippen LogP contribution in [0, 0.1) is 5.92 Å². The molecule has 0 aromatic heterocycles. The first-order valence-electron chi connectivity index (χ1n) is 4.18. The van der Waals surface area contributed by atoms with Gasteiger partial charge in [0.25, 0.3) is 0 Å². The molecule has 1 aliphatic rings. The molecule has 1 heterocycles. The van der Waals surface area contributed by atoms with Gasteiger partial charge in [-0.3, -0.25) is 0 Å². The lowest BCUT2D eigenvalue weighted by atomic mass is 9.91. The fourth-order valence-corrected chi connectivity index (χ4v) is 1.66. The first kappa shape index (κ1) is 15.0. The average Bonchev–Trinajstić information content (AvgIpc) is 1.94. The third-order valence-electron chi connectivity index (χ3n) is 2.52. The third-order valence-corrected chi connectivity index (χ3v) is 2.52. The first-order valence-corrected chi connectivity index (χ1v) is 4.18. The third kappa shape index (κ3) is 3.94. The Morgan fingerprint density at radius 3 is 2.42 bits per heavy atom. The summed E-state index contributed by atoms with van der Waals surface area (Å²) in [5.74, 6) is 0.735. The number of hydrogen-bond acceptors (Lipinski definition) is 2. The highest BCUT2D eigenvalue weighted by Gasteiger charge is 2.22. The molecule has 0 amide bonds. The predicted molar refractivity (Wildman–Crippen MR) is 58.4 cm³/mol. The van der Waals surface area contributed by atoms with Crippen molar-refractivity contribution < 1.29 is 0 Å². The summed E-state index contributed by atoms with van der Waals surface area (Å²) >= 11 is 0. The molecule has 2 atom stereocenters. The summed E-state index contributed by atoms with van der Waals surface area (Å²) in [6.45, 7) is 4.60. The average molecular weight is 215 g/mol. The number of piperidine rings is 1. The summed E-state index contributed by atoms with van der Waals surface area (Å²) in [7, 11) is 2.18. The second-order valence-electron chi connectivity index (χ2n) is 3.38. The Morgan fingerprint density at radius 1 is 1.42 bits per heavy atom. The van der Waals surface area contributed by atoms with Crippen molar-refractivity contribution in [2.24, 2.45) is 11.7 Å². The van der Waals surface area contributed by atoms with Gasteiger partial charge in [-0.2, -0.15) is 0 Å². The van der Waals surface area contributed by atoms with Crippen LogP contribution in [0.5, 0.6) is 0 Å². The fraction of sp³-hybridized carbons (Fsp3) is 1.00. The van der Waals surface area contributed by atoms with Gasteiger partial charge in [0.2, 0.25) is 0 Å². The van der Waals surface area contributed by atoms with E-state index in [1.165, 1.54) is 25.9 Å². The Labute approximate surface area is 87.7 Å². The van der Waals surface area contributed by atoms with E-state index in [4.69, 9.17) is 5.73 Å². The molecule has 12 heavy (non-hydrogen) atoms. The number of halogens is 2. The van der Waals surface area contributed by atoms with Crippen molar-refractivity contribution in [3.05, 3.63) is 0 Å². The maximum Gasteiger partial charge on any atom is 0.00914 e. The number of hydrogen-bond donors (Lipinski definition) is 1. The van der Waals surface area contributed by atoms with Gasteiger partial charge in [-0.1, -0.05) is 13.3 Å². The SMILES string of the molecule is CC[C@@H]1CN(C)CC[C@@H]1N.Cl.Cl. The first-order chi connectivity index (χ1) is 4.74. The van der Waals surface area contributed by atoms with Crippen LogP contribution in [-0.4, -0.2) is 31.1 Å². The Hall–Kier alpha value is 0.500. The van der Waals surface area contributed by atoms with E-state index < -0.39 is 0 Å². The Balaban J connectivity index is 0. The smallest absolute Gasteiger partial charge is 0.00914 e. The molecular formula is C8H20Cl2N2. The Kier molecular flexibility index (Phi) is 8.69. The van der Waals surface area contributed by atoms with Crippen LogP contribution < -0.4 is 5.73 Å². The summed E-state index contributed by atoms with van der Waals surface area (Å²) in [6.07, 6.45) is 2.40. The second kappa shape index (κ2) is 6.96. The van der Waals surface area contributed by atoms with Crippen molar-refractivity contribution in [3.8, 4) is 0 Å². The van der Waals surface area contributed by atoms with Gasteiger partial charge in [0, 0.05) is 12.6 Å². The van der Waals surface area contributed by atoms with Crippen molar-refractivity contribution in [2.75, 3.05) is 20.1 Å². The standard InChI is InChI=1S/C8H18N2.2ClH/c1-3-7-6-10(2)5-4-8(7)9;;/h7-8H,3-6,9H2,1-2H3;2*1H/t7-,8+;;/m1../s1. The van der Waals surface area contributed by atoms with E-state index >= 15 is 0 Å². The molecule has 0 aliphatic carbocycles. The molecule has 0 radical (unpaired) electrons. The summed E-state index contributed by atoms with van der Waals surface area (Å²) in [4.78, 5) is 2.37. The molecule has 0 aromatic rings. The van der Waals surface area contributed by atoms with Gasteiger partial charge in [0.05, 0.1) is 0 Å². The molecule has 4 heteroatoms. The summed E-state index contributed by atoms with van der Waals surface area (Å²) in [5.41, 5.74) is 5.93. The topological polar surface area (TPSA) is 29.3 Å². The molecule has 2 nitrogen and oxygen atoms in total. The van der Waals surface area contributed by atoms with E-state index in [-0.39, 0.29) is 24.8 Å². The maximum absolute atomic E-state index is 5.93. The monoisotopic (exact) mass is 214 g/mol. The second-order valence-corrected chi connectivity index (χ2v) is 3.38. The normalized spacial score (nSPS) is 30.2. The van der Waals surface area contributed by atoms with Crippen LogP contribution in [-0.2, 0) is 0 Å². The number of likely N-dealkylation sites (tertiary alicyclic amines) is 1. The summed E-state index contributed by atoms with van der Waals surface area (Å²) in [6, 6.07) is 0.459. The van der Waals surface area contributed by atoms with Gasteiger partial charge in [-0.25, -0.2) is 0 Å². The van der Waals surface area contributed by atoms with Gasteiger partial charge < -0.3 is 10.6 Å². The molecule has 1 aliphatic heterocycles. The van der Waals surface area contributed by atoms with Crippen molar-refractivity contribution in [2.45, 2.75) is 25.8 Å². The van der Waals surface area contributed by atoms with Crippen molar-refractivity contribution in [1.82, 2.24) is 4.90 Å². The van der Waals surface area contributed by atoms with Gasteiger partial charge in [0.1, 0.15) is 0 Å². The molecule has 0 saturated carbocycles. The molecule has 0 spiro atoms. The van der Waals surface area contributed by atoms with Gasteiger partial charge >= 0.3 is 0 Å². The minimum Gasteiger partial charge on any atom is -0.327 e. The zero-order chi connectivity index (χ0) is 7.56. The van der Waals surface area contributed by atoms with Crippen LogP contribution in [0.1, 0.15) is 19.8 Å². The lowest BCUT2D eigenvalue weighted by Gasteiger charge is -2.33. The van der Waals surface area contributed by atoms with Crippen LogP contribution in [0.2, 0.25) is 0 Å². The van der Waals surface area contributed by atoms with Gasteiger partial charge in [0.15, 0.2) is 0 Å². The van der Waals surface area contributed by atoms with Crippen LogP contribution in [0.4, 0.5) is 0 Å². The van der Waals surface area contributed by atoms with E-state index in [9.17, 15) is 0 Å². The molecule has 0 aromatic carbocycles. The molecule has 1 rings (SSSR count). The Morgan fingerprint density at radius 2 is 2.00 bits per heavy atom. The van der Waals surface area contributed by atoms with Crippen molar-refractivity contribution in [3.63, 3.8) is 0 Å². The zero-order valence-corrected chi connectivity index (χ0v) is 9.46. The minimum absolute atomic E-state index is 0. The highest BCUT2D eigenvalue weighted by Crippen LogP contribution is 2.16. The van der Waals surface area contributed by atoms with E-state index in [1.54, 1.807) is 0 Å². The van der Waals surface area contributed by atoms with E-state index in [0.29, 0.717) is 6.04 Å². The van der Waals surface area contributed by atoms with Crippen molar-refractivity contribution in [1.29, 1.82) is 0 Å². The number of nitrogens with two attached hydrogens (primary N) is 1. The highest BCUT2D eigenvalue weighted by molar-refractivity contribution is 5.85. The van der Waals surface area contributed by atoms with Gasteiger partial charge in [-0.05, 0) is 25.9 Å². The molecule has 76 valence electrons. The lowest BCUT2D eigenvalue weighted by Crippen LogP contribution is -2.45. The van der Waals surface area contributed by atoms with Crippen molar-refractivity contribution >= 4 is 24.8 Å². The molecule has 1 fully saturated rings. The number of rotatable bonds is 1. The summed E-state index contributed by atoms with van der Waals surface area (Å²) < 4.78 is 0. The molecule has 1 saturated heterocycles. The quantitative estimate of drug-likeness (QED) is 0.718. The van der Waals surface area contributed by atoms with Gasteiger partial charge in [-0.15, -0.1) is 24.8 Å². The zero-order valence-electron chi connectivity index (χ0n) is 7.82. The van der Waals surface area contributed by atoms with E-state index in [2.05, 4.69) is 18.9 Å². The minimum atomic E-state index is 0. The summed E-state index contributed by atoms with van der Waals surface area (Å²) in [5, 5.41) is 0. The maximum atomic E-state index is 5.93. The molecular weight excluding hydrogens is 195 g/mol. The van der Waals surface area contributed by atoms with Crippen LogP contribution in [0.25, 0.3) is 0 Å². The fourth-order valence-electron chi connectivity index (χ4n) is 1.66. The largest absolute Gasteiger partial charge is 0.327 e. The van der Waals surface area contributed by atoms with E-state index in [0.717, 1.165) is 5.92 Å². The Bertz CT molecular complexity index is 111. The van der Waals surface area contributed by atoms with Crippen LogP contribution in [0.15, 0.2) is 0 Å². The molecule has 0 unspecified atom stereocenters. The predicted octanol–water partition coefficient (Wildman–Crippen LogP) is 1.52. The lowest BCUT2D eigenvalue weighted by molar-refractivity contribution is 0.182. The van der Waals surface area contributed by atoms with E-state index in [1.807, 2.05) is 0 Å². The number of nitrogens with zero attached hydrogens (tertiary/aromatic N) is 1.